The first kappa shape index (κ1) is 12.5. The lowest BCUT2D eigenvalue weighted by Gasteiger charge is -2.17. The highest BCUT2D eigenvalue weighted by Crippen LogP contribution is 2.38. The molecule has 1 aliphatic rings. The van der Waals surface area contributed by atoms with Gasteiger partial charge in [0.1, 0.15) is 0 Å². The number of aryl methyl sites for hydroxylation is 1. The number of carbonyl (C=O) groups is 1. The van der Waals surface area contributed by atoms with E-state index in [4.69, 9.17) is 0 Å². The molecule has 0 bridgehead atoms. The molecule has 2 aromatic carbocycles. The first-order chi connectivity index (χ1) is 9.70. The molecule has 0 fully saturated rings. The summed E-state index contributed by atoms with van der Waals surface area (Å²) in [5, 5.41) is 2.98. The zero-order chi connectivity index (χ0) is 14.1. The van der Waals surface area contributed by atoms with Crippen LogP contribution in [0.1, 0.15) is 22.7 Å². The van der Waals surface area contributed by atoms with Crippen molar-refractivity contribution in [3.8, 4) is 0 Å². The van der Waals surface area contributed by atoms with Crippen LogP contribution in [0.2, 0.25) is 0 Å². The molecular formula is C16H14N2O2. The fraction of sp³-hybridized carbons (Fsp3) is 0.188. The van der Waals surface area contributed by atoms with Crippen molar-refractivity contribution in [1.82, 2.24) is 0 Å². The summed E-state index contributed by atoms with van der Waals surface area (Å²) in [7, 11) is 0. The van der Waals surface area contributed by atoms with Gasteiger partial charge in [0, 0.05) is 5.56 Å². The monoisotopic (exact) mass is 266 g/mol. The summed E-state index contributed by atoms with van der Waals surface area (Å²) in [5.41, 5.74) is 3.66. The molecule has 1 atom stereocenters. The van der Waals surface area contributed by atoms with E-state index in [1.165, 1.54) is 0 Å². The third kappa shape index (κ3) is 1.99. The van der Waals surface area contributed by atoms with Gasteiger partial charge in [-0.1, -0.05) is 53.2 Å². The molecule has 4 nitrogen and oxygen atoms in total. The molecule has 100 valence electrons. The van der Waals surface area contributed by atoms with Crippen LogP contribution in [-0.2, 0) is 11.3 Å². The number of para-hydroxylation sites is 1. The summed E-state index contributed by atoms with van der Waals surface area (Å²) in [5.74, 6) is -0.247. The van der Waals surface area contributed by atoms with Gasteiger partial charge >= 0.3 is 0 Å². The fourth-order valence-corrected chi connectivity index (χ4v) is 2.62. The van der Waals surface area contributed by atoms with Crippen LogP contribution in [0.15, 0.2) is 53.7 Å². The van der Waals surface area contributed by atoms with Crippen LogP contribution >= 0.6 is 0 Å². The SMILES string of the molecule is Cc1cccc(CN2C(=O)C(N=O)c3ccccc32)c1. The van der Waals surface area contributed by atoms with Gasteiger partial charge in [0.25, 0.3) is 5.91 Å². The van der Waals surface area contributed by atoms with Gasteiger partial charge in [-0.3, -0.25) is 4.79 Å². The summed E-state index contributed by atoms with van der Waals surface area (Å²) >= 11 is 0. The predicted octanol–water partition coefficient (Wildman–Crippen LogP) is 3.35. The lowest BCUT2D eigenvalue weighted by Crippen LogP contribution is -2.27. The Morgan fingerprint density at radius 1 is 1.15 bits per heavy atom. The highest BCUT2D eigenvalue weighted by molar-refractivity contribution is 6.04. The van der Waals surface area contributed by atoms with E-state index in [2.05, 4.69) is 5.18 Å². The smallest absolute Gasteiger partial charge is 0.260 e. The van der Waals surface area contributed by atoms with Gasteiger partial charge < -0.3 is 4.90 Å². The zero-order valence-corrected chi connectivity index (χ0v) is 11.1. The number of benzene rings is 2. The highest BCUT2D eigenvalue weighted by Gasteiger charge is 2.37. The number of hydrogen-bond donors (Lipinski definition) is 0. The Hall–Kier alpha value is -2.49. The first-order valence-corrected chi connectivity index (χ1v) is 6.49. The van der Waals surface area contributed by atoms with Crippen LogP contribution in [0.4, 0.5) is 5.69 Å². The zero-order valence-electron chi connectivity index (χ0n) is 11.1. The van der Waals surface area contributed by atoms with Gasteiger partial charge in [0.2, 0.25) is 0 Å². The molecule has 0 aliphatic carbocycles. The summed E-state index contributed by atoms with van der Waals surface area (Å²) in [6.45, 7) is 2.47. The summed E-state index contributed by atoms with van der Waals surface area (Å²) in [6.07, 6.45) is 0. The number of nitrogens with zero attached hydrogens (tertiary/aromatic N) is 2. The van der Waals surface area contributed by atoms with Crippen molar-refractivity contribution < 1.29 is 4.79 Å². The van der Waals surface area contributed by atoms with Crippen LogP contribution in [0.3, 0.4) is 0 Å². The minimum Gasteiger partial charge on any atom is -0.305 e. The van der Waals surface area contributed by atoms with E-state index in [-0.39, 0.29) is 5.91 Å². The number of anilines is 1. The Morgan fingerprint density at radius 2 is 1.95 bits per heavy atom. The second kappa shape index (κ2) is 4.89. The maximum absolute atomic E-state index is 12.3. The number of nitroso groups, excluding NO2 is 1. The van der Waals surface area contributed by atoms with E-state index >= 15 is 0 Å². The average molecular weight is 266 g/mol. The van der Waals surface area contributed by atoms with Gasteiger partial charge in [0.05, 0.1) is 12.2 Å². The Bertz CT molecular complexity index is 682. The van der Waals surface area contributed by atoms with E-state index < -0.39 is 6.04 Å². The third-order valence-corrected chi connectivity index (χ3v) is 3.55. The first-order valence-electron chi connectivity index (χ1n) is 6.49. The third-order valence-electron chi connectivity index (χ3n) is 3.55. The largest absolute Gasteiger partial charge is 0.305 e. The molecule has 0 saturated carbocycles. The lowest BCUT2D eigenvalue weighted by molar-refractivity contribution is -0.119. The van der Waals surface area contributed by atoms with E-state index in [0.717, 1.165) is 16.8 Å². The molecule has 1 aliphatic heterocycles. The van der Waals surface area contributed by atoms with E-state index in [1.54, 1.807) is 11.0 Å². The van der Waals surface area contributed by atoms with Gasteiger partial charge in [-0.2, -0.15) is 0 Å². The Balaban J connectivity index is 1.98. The molecule has 1 unspecified atom stereocenters. The molecule has 4 heteroatoms. The van der Waals surface area contributed by atoms with Crippen molar-refractivity contribution in [1.29, 1.82) is 0 Å². The fourth-order valence-electron chi connectivity index (χ4n) is 2.62. The van der Waals surface area contributed by atoms with Crippen molar-refractivity contribution in [2.24, 2.45) is 5.18 Å². The maximum Gasteiger partial charge on any atom is 0.260 e. The van der Waals surface area contributed by atoms with Crippen LogP contribution in [0.25, 0.3) is 0 Å². The normalized spacial score (nSPS) is 17.1. The second-order valence-electron chi connectivity index (χ2n) is 4.98. The lowest BCUT2D eigenvalue weighted by atomic mass is 10.1. The second-order valence-corrected chi connectivity index (χ2v) is 4.98. The molecule has 20 heavy (non-hydrogen) atoms. The van der Waals surface area contributed by atoms with E-state index in [9.17, 15) is 9.70 Å². The standard InChI is InChI=1S/C16H14N2O2/c1-11-5-4-6-12(9-11)10-18-14-8-3-2-7-13(14)15(17-20)16(18)19/h2-9,15H,10H2,1H3. The van der Waals surface area contributed by atoms with Crippen LogP contribution in [-0.4, -0.2) is 5.91 Å². The molecule has 0 saturated heterocycles. The van der Waals surface area contributed by atoms with Gasteiger partial charge in [-0.25, -0.2) is 0 Å². The Kier molecular flexibility index (Phi) is 3.06. The minimum atomic E-state index is -0.906. The average Bonchev–Trinajstić information content (AvgIpc) is 2.72. The molecular weight excluding hydrogens is 252 g/mol. The summed E-state index contributed by atoms with van der Waals surface area (Å²) < 4.78 is 0. The van der Waals surface area contributed by atoms with Crippen LogP contribution < -0.4 is 4.90 Å². The van der Waals surface area contributed by atoms with E-state index in [0.29, 0.717) is 12.1 Å². The van der Waals surface area contributed by atoms with Crippen LogP contribution in [0, 0.1) is 11.8 Å². The topological polar surface area (TPSA) is 49.7 Å². The summed E-state index contributed by atoms with van der Waals surface area (Å²) in [6, 6.07) is 14.4. The number of amides is 1. The number of rotatable bonds is 3. The predicted molar refractivity (Wildman–Crippen MR) is 77.3 cm³/mol. The number of hydrogen-bond acceptors (Lipinski definition) is 3. The van der Waals surface area contributed by atoms with Crippen molar-refractivity contribution in [3.05, 3.63) is 70.1 Å². The van der Waals surface area contributed by atoms with E-state index in [1.807, 2.05) is 49.4 Å². The summed E-state index contributed by atoms with van der Waals surface area (Å²) in [4.78, 5) is 24.9. The van der Waals surface area contributed by atoms with Gasteiger partial charge in [-0.15, -0.1) is 4.91 Å². The molecule has 1 heterocycles. The molecule has 0 spiro atoms. The Labute approximate surface area is 117 Å². The minimum absolute atomic E-state index is 0.247. The molecule has 2 aromatic rings. The molecule has 0 aromatic heterocycles. The molecule has 0 N–H and O–H groups in total. The quantitative estimate of drug-likeness (QED) is 0.800. The van der Waals surface area contributed by atoms with Gasteiger partial charge in [0.15, 0.2) is 6.04 Å². The van der Waals surface area contributed by atoms with Gasteiger partial charge in [-0.05, 0) is 18.6 Å². The Morgan fingerprint density at radius 3 is 2.70 bits per heavy atom. The van der Waals surface area contributed by atoms with Crippen LogP contribution in [0.5, 0.6) is 0 Å². The molecule has 1 amide bonds. The number of fused-ring (bicyclic) bond motifs is 1. The highest BCUT2D eigenvalue weighted by atomic mass is 16.3. The molecule has 3 rings (SSSR count). The molecule has 0 radical (unpaired) electrons. The van der Waals surface area contributed by atoms with Crippen molar-refractivity contribution >= 4 is 11.6 Å². The van der Waals surface area contributed by atoms with Crippen molar-refractivity contribution in [3.63, 3.8) is 0 Å². The van der Waals surface area contributed by atoms with Crippen molar-refractivity contribution in [2.45, 2.75) is 19.5 Å². The maximum atomic E-state index is 12.3. The van der Waals surface area contributed by atoms with Crippen molar-refractivity contribution in [2.75, 3.05) is 4.90 Å². The number of carbonyl (C=O) groups excluding carboxylic acids is 1.